The van der Waals surface area contributed by atoms with E-state index in [-0.39, 0.29) is 23.0 Å². The molecule has 1 aliphatic carbocycles. The predicted octanol–water partition coefficient (Wildman–Crippen LogP) is 3.04. The minimum absolute atomic E-state index is 0.00924. The molecule has 1 aliphatic rings. The molecule has 0 unspecified atom stereocenters. The van der Waals surface area contributed by atoms with Crippen molar-refractivity contribution in [2.75, 3.05) is 5.84 Å². The highest BCUT2D eigenvalue weighted by Gasteiger charge is 2.22. The summed E-state index contributed by atoms with van der Waals surface area (Å²) in [6, 6.07) is 6.47. The Balaban J connectivity index is 1.57. The van der Waals surface area contributed by atoms with E-state index in [1.807, 2.05) is 6.92 Å². The number of nitrogen functional groups attached to an aromatic ring is 1. The van der Waals surface area contributed by atoms with Gasteiger partial charge in [-0.3, -0.25) is 4.79 Å². The number of aromatic nitrogens is 3. The SMILES string of the molecule is C[C@H](Sc1nnc(Cc2ccc(F)cc2)n1N)C(=O)NC1CCCCCC1. The van der Waals surface area contributed by atoms with E-state index in [9.17, 15) is 9.18 Å². The van der Waals surface area contributed by atoms with Gasteiger partial charge in [0.2, 0.25) is 11.1 Å². The molecule has 1 atom stereocenters. The molecule has 1 saturated carbocycles. The van der Waals surface area contributed by atoms with Gasteiger partial charge in [-0.05, 0) is 37.5 Å². The van der Waals surface area contributed by atoms with Crippen LogP contribution >= 0.6 is 11.8 Å². The maximum Gasteiger partial charge on any atom is 0.233 e. The van der Waals surface area contributed by atoms with Gasteiger partial charge in [0, 0.05) is 12.5 Å². The fourth-order valence-corrected chi connectivity index (χ4v) is 4.05. The molecule has 1 amide bonds. The second-order valence-corrected chi connectivity index (χ2v) is 8.34. The molecule has 0 aliphatic heterocycles. The molecule has 0 spiro atoms. The van der Waals surface area contributed by atoms with Crippen LogP contribution in [0.15, 0.2) is 29.4 Å². The van der Waals surface area contributed by atoms with Crippen LogP contribution in [0.4, 0.5) is 4.39 Å². The number of halogens is 1. The summed E-state index contributed by atoms with van der Waals surface area (Å²) < 4.78 is 14.4. The Morgan fingerprint density at radius 1 is 1.26 bits per heavy atom. The smallest absolute Gasteiger partial charge is 0.233 e. The number of rotatable bonds is 6. The van der Waals surface area contributed by atoms with E-state index < -0.39 is 0 Å². The van der Waals surface area contributed by atoms with Gasteiger partial charge in [-0.1, -0.05) is 49.6 Å². The molecular weight excluding hydrogens is 365 g/mol. The number of thioether (sulfide) groups is 1. The molecular formula is C19H26FN5OS. The van der Waals surface area contributed by atoms with Gasteiger partial charge in [-0.2, -0.15) is 0 Å². The van der Waals surface area contributed by atoms with Crippen molar-refractivity contribution in [3.63, 3.8) is 0 Å². The third kappa shape index (κ3) is 5.45. The van der Waals surface area contributed by atoms with Crippen LogP contribution in [-0.2, 0) is 11.2 Å². The number of nitrogens with two attached hydrogens (primary N) is 1. The van der Waals surface area contributed by atoms with Crippen LogP contribution in [0.2, 0.25) is 0 Å². The Hall–Kier alpha value is -2.09. The van der Waals surface area contributed by atoms with Crippen molar-refractivity contribution in [3.05, 3.63) is 41.5 Å². The van der Waals surface area contributed by atoms with Gasteiger partial charge in [0.25, 0.3) is 0 Å². The largest absolute Gasteiger partial charge is 0.352 e. The lowest BCUT2D eigenvalue weighted by Gasteiger charge is -2.19. The van der Waals surface area contributed by atoms with Crippen molar-refractivity contribution in [1.82, 2.24) is 20.2 Å². The van der Waals surface area contributed by atoms with E-state index >= 15 is 0 Å². The molecule has 0 bridgehead atoms. The van der Waals surface area contributed by atoms with Crippen molar-refractivity contribution in [3.8, 4) is 0 Å². The van der Waals surface area contributed by atoms with Crippen molar-refractivity contribution in [2.45, 2.75) is 68.3 Å². The third-order valence-electron chi connectivity index (χ3n) is 4.86. The van der Waals surface area contributed by atoms with Gasteiger partial charge < -0.3 is 11.2 Å². The van der Waals surface area contributed by atoms with Crippen molar-refractivity contribution < 1.29 is 9.18 Å². The van der Waals surface area contributed by atoms with Gasteiger partial charge in [0.05, 0.1) is 5.25 Å². The number of hydrogen-bond donors (Lipinski definition) is 2. The lowest BCUT2D eigenvalue weighted by Crippen LogP contribution is -2.39. The zero-order valence-corrected chi connectivity index (χ0v) is 16.3. The lowest BCUT2D eigenvalue weighted by atomic mass is 10.1. The molecule has 146 valence electrons. The summed E-state index contributed by atoms with van der Waals surface area (Å²) in [6.07, 6.45) is 7.42. The molecule has 0 saturated heterocycles. The number of nitrogens with one attached hydrogen (secondary N) is 1. The average molecular weight is 392 g/mol. The van der Waals surface area contributed by atoms with E-state index in [4.69, 9.17) is 5.84 Å². The fraction of sp³-hybridized carbons (Fsp3) is 0.526. The first kappa shape index (κ1) is 19.7. The molecule has 1 aromatic heterocycles. The van der Waals surface area contributed by atoms with Gasteiger partial charge in [-0.25, -0.2) is 9.07 Å². The topological polar surface area (TPSA) is 85.8 Å². The highest BCUT2D eigenvalue weighted by molar-refractivity contribution is 8.00. The number of carbonyl (C=O) groups excluding carboxylic acids is 1. The highest BCUT2D eigenvalue weighted by atomic mass is 32.2. The number of amides is 1. The molecule has 27 heavy (non-hydrogen) atoms. The lowest BCUT2D eigenvalue weighted by molar-refractivity contribution is -0.121. The van der Waals surface area contributed by atoms with E-state index in [2.05, 4.69) is 15.5 Å². The Bertz CT molecular complexity index is 756. The Morgan fingerprint density at radius 2 is 1.93 bits per heavy atom. The van der Waals surface area contributed by atoms with Crippen LogP contribution in [0.1, 0.15) is 56.8 Å². The van der Waals surface area contributed by atoms with Crippen LogP contribution in [0.5, 0.6) is 0 Å². The number of carbonyl (C=O) groups is 1. The van der Waals surface area contributed by atoms with Crippen molar-refractivity contribution in [1.29, 1.82) is 0 Å². The van der Waals surface area contributed by atoms with Gasteiger partial charge in [-0.15, -0.1) is 10.2 Å². The first-order valence-corrected chi connectivity index (χ1v) is 10.3. The first-order chi connectivity index (χ1) is 13.0. The summed E-state index contributed by atoms with van der Waals surface area (Å²) in [6.45, 7) is 1.85. The average Bonchev–Trinajstić information content (AvgIpc) is 2.85. The second kappa shape index (κ2) is 9.21. The first-order valence-electron chi connectivity index (χ1n) is 9.44. The van der Waals surface area contributed by atoms with E-state index in [0.29, 0.717) is 17.4 Å². The van der Waals surface area contributed by atoms with E-state index in [1.165, 1.54) is 54.3 Å². The van der Waals surface area contributed by atoms with E-state index in [1.54, 1.807) is 12.1 Å². The Morgan fingerprint density at radius 3 is 2.59 bits per heavy atom. The normalized spacial score (nSPS) is 16.7. The summed E-state index contributed by atoms with van der Waals surface area (Å²) in [5.41, 5.74) is 0.895. The van der Waals surface area contributed by atoms with Crippen LogP contribution in [0, 0.1) is 5.82 Å². The monoisotopic (exact) mass is 391 g/mol. The maximum atomic E-state index is 13.0. The van der Waals surface area contributed by atoms with E-state index in [0.717, 1.165) is 18.4 Å². The summed E-state index contributed by atoms with van der Waals surface area (Å²) in [5.74, 6) is 6.40. The third-order valence-corrected chi connectivity index (χ3v) is 5.92. The zero-order valence-electron chi connectivity index (χ0n) is 15.5. The maximum absolute atomic E-state index is 13.0. The fourth-order valence-electron chi connectivity index (χ4n) is 3.25. The van der Waals surface area contributed by atoms with Gasteiger partial charge >= 0.3 is 0 Å². The minimum atomic E-state index is -0.307. The molecule has 8 heteroatoms. The highest BCUT2D eigenvalue weighted by Crippen LogP contribution is 2.23. The van der Waals surface area contributed by atoms with Crippen LogP contribution in [0.25, 0.3) is 0 Å². The van der Waals surface area contributed by atoms with Crippen molar-refractivity contribution in [2.24, 2.45) is 0 Å². The molecule has 3 rings (SSSR count). The minimum Gasteiger partial charge on any atom is -0.352 e. The number of benzene rings is 1. The quantitative estimate of drug-likeness (QED) is 0.449. The molecule has 1 heterocycles. The number of nitrogens with zero attached hydrogens (tertiary/aromatic N) is 3. The molecule has 1 aromatic carbocycles. The predicted molar refractivity (Wildman–Crippen MR) is 104 cm³/mol. The molecule has 2 aromatic rings. The summed E-state index contributed by atoms with van der Waals surface area (Å²) in [5, 5.41) is 11.6. The standard InChI is InChI=1S/C19H26FN5OS/c1-13(18(26)22-16-6-4-2-3-5-7-16)27-19-24-23-17(25(19)21)12-14-8-10-15(20)11-9-14/h8-11,13,16H,2-7,12,21H2,1H3,(H,22,26)/t13-/m0/s1. The Labute approximate surface area is 163 Å². The van der Waals surface area contributed by atoms with Gasteiger partial charge in [0.1, 0.15) is 5.82 Å². The summed E-state index contributed by atoms with van der Waals surface area (Å²) >= 11 is 1.30. The molecule has 1 fully saturated rings. The van der Waals surface area contributed by atoms with Crippen LogP contribution < -0.4 is 11.2 Å². The summed E-state index contributed by atoms with van der Waals surface area (Å²) in [7, 11) is 0. The molecule has 0 radical (unpaired) electrons. The summed E-state index contributed by atoms with van der Waals surface area (Å²) in [4.78, 5) is 12.5. The zero-order chi connectivity index (χ0) is 19.2. The Kier molecular flexibility index (Phi) is 6.71. The van der Waals surface area contributed by atoms with Gasteiger partial charge in [0.15, 0.2) is 5.82 Å². The van der Waals surface area contributed by atoms with Crippen molar-refractivity contribution >= 4 is 17.7 Å². The molecule has 3 N–H and O–H groups in total. The molecule has 6 nitrogen and oxygen atoms in total. The van der Waals surface area contributed by atoms with Crippen LogP contribution in [0.3, 0.4) is 0 Å². The second-order valence-electron chi connectivity index (χ2n) is 7.03. The number of hydrogen-bond acceptors (Lipinski definition) is 5. The van der Waals surface area contributed by atoms with Crippen LogP contribution in [-0.4, -0.2) is 32.1 Å².